The maximum atomic E-state index is 13.6. The second kappa shape index (κ2) is 3.53. The van der Waals surface area contributed by atoms with Gasteiger partial charge >= 0.3 is 0 Å². The fraction of sp³-hybridized carbons (Fsp3) is 0.364. The molecule has 1 amide bonds. The molecule has 1 heterocycles. The molecule has 1 aliphatic heterocycles. The summed E-state index contributed by atoms with van der Waals surface area (Å²) >= 11 is 0. The number of phenols is 1. The number of halogens is 1. The van der Waals surface area contributed by atoms with Crippen LogP contribution in [0.3, 0.4) is 0 Å². The average molecular weight is 209 g/mol. The summed E-state index contributed by atoms with van der Waals surface area (Å²) in [6.45, 7) is 1.92. The predicted molar refractivity (Wildman–Crippen MR) is 54.4 cm³/mol. The summed E-state index contributed by atoms with van der Waals surface area (Å²) in [6.07, 6.45) is 1.37. The Bertz CT molecular complexity index is 417. The molecular formula is C11H12FNO2. The highest BCUT2D eigenvalue weighted by Crippen LogP contribution is 2.35. The first-order valence-corrected chi connectivity index (χ1v) is 4.89. The Labute approximate surface area is 87.1 Å². The van der Waals surface area contributed by atoms with Crippen LogP contribution < -0.4 is 4.90 Å². The monoisotopic (exact) mass is 209 g/mol. The summed E-state index contributed by atoms with van der Waals surface area (Å²) in [5, 5.41) is 9.58. The van der Waals surface area contributed by atoms with Crippen LogP contribution in [0.2, 0.25) is 0 Å². The standard InChI is InChI=1S/C11H12FNO2/c1-7(14)13-6-2-3-8-10(15)5-4-9(12)11(8)13/h4-5,15H,2-3,6H2,1H3. The van der Waals surface area contributed by atoms with Crippen LogP contribution in [-0.4, -0.2) is 17.6 Å². The molecule has 0 saturated heterocycles. The minimum Gasteiger partial charge on any atom is -0.508 e. The molecule has 0 unspecified atom stereocenters. The summed E-state index contributed by atoms with van der Waals surface area (Å²) < 4.78 is 13.6. The summed E-state index contributed by atoms with van der Waals surface area (Å²) in [7, 11) is 0. The molecule has 0 saturated carbocycles. The first kappa shape index (κ1) is 9.96. The SMILES string of the molecule is CC(=O)N1CCCc2c(O)ccc(F)c21. The maximum Gasteiger partial charge on any atom is 0.223 e. The van der Waals surface area contributed by atoms with E-state index < -0.39 is 5.82 Å². The second-order valence-electron chi connectivity index (χ2n) is 3.67. The van der Waals surface area contributed by atoms with Crippen molar-refractivity contribution in [2.45, 2.75) is 19.8 Å². The van der Waals surface area contributed by atoms with E-state index in [0.717, 1.165) is 6.42 Å². The lowest BCUT2D eigenvalue weighted by Gasteiger charge is -2.29. The third-order valence-electron chi connectivity index (χ3n) is 2.67. The minimum absolute atomic E-state index is 0.0670. The van der Waals surface area contributed by atoms with E-state index in [1.807, 2.05) is 0 Å². The van der Waals surface area contributed by atoms with Crippen LogP contribution in [0.1, 0.15) is 18.9 Å². The third kappa shape index (κ3) is 1.56. The van der Waals surface area contributed by atoms with E-state index in [1.165, 1.54) is 24.0 Å². The number of hydrogen-bond acceptors (Lipinski definition) is 2. The van der Waals surface area contributed by atoms with Gasteiger partial charge in [-0.2, -0.15) is 0 Å². The molecule has 0 radical (unpaired) electrons. The van der Waals surface area contributed by atoms with Crippen molar-refractivity contribution in [2.24, 2.45) is 0 Å². The molecule has 2 rings (SSSR count). The Balaban J connectivity index is 2.59. The second-order valence-corrected chi connectivity index (χ2v) is 3.67. The third-order valence-corrected chi connectivity index (χ3v) is 2.67. The number of hydrogen-bond donors (Lipinski definition) is 1. The summed E-state index contributed by atoms with van der Waals surface area (Å²) in [6, 6.07) is 2.52. The van der Waals surface area contributed by atoms with E-state index in [1.54, 1.807) is 0 Å². The smallest absolute Gasteiger partial charge is 0.223 e. The molecule has 0 atom stereocenters. The van der Waals surface area contributed by atoms with E-state index in [-0.39, 0.29) is 17.3 Å². The Morgan fingerprint density at radius 1 is 1.53 bits per heavy atom. The zero-order chi connectivity index (χ0) is 11.0. The van der Waals surface area contributed by atoms with Gasteiger partial charge in [-0.05, 0) is 25.0 Å². The first-order chi connectivity index (χ1) is 7.11. The number of aromatic hydroxyl groups is 1. The molecule has 0 fully saturated rings. The van der Waals surface area contributed by atoms with Crippen LogP contribution in [0.15, 0.2) is 12.1 Å². The van der Waals surface area contributed by atoms with Gasteiger partial charge in [0.15, 0.2) is 0 Å². The molecule has 3 nitrogen and oxygen atoms in total. The van der Waals surface area contributed by atoms with E-state index in [0.29, 0.717) is 18.5 Å². The fourth-order valence-corrected chi connectivity index (χ4v) is 1.98. The molecule has 80 valence electrons. The molecule has 1 aromatic carbocycles. The zero-order valence-corrected chi connectivity index (χ0v) is 8.46. The molecule has 15 heavy (non-hydrogen) atoms. The van der Waals surface area contributed by atoms with Gasteiger partial charge in [0, 0.05) is 19.0 Å². The average Bonchev–Trinajstić information content (AvgIpc) is 2.23. The van der Waals surface area contributed by atoms with Gasteiger partial charge in [0.2, 0.25) is 5.91 Å². The van der Waals surface area contributed by atoms with Crippen molar-refractivity contribution < 1.29 is 14.3 Å². The first-order valence-electron chi connectivity index (χ1n) is 4.89. The minimum atomic E-state index is -0.447. The molecular weight excluding hydrogens is 197 g/mol. The number of amides is 1. The van der Waals surface area contributed by atoms with Gasteiger partial charge in [-0.1, -0.05) is 0 Å². The highest BCUT2D eigenvalue weighted by atomic mass is 19.1. The zero-order valence-electron chi connectivity index (χ0n) is 8.46. The van der Waals surface area contributed by atoms with Gasteiger partial charge in [0.25, 0.3) is 0 Å². The predicted octanol–water partition coefficient (Wildman–Crippen LogP) is 1.83. The molecule has 0 aromatic heterocycles. The fourth-order valence-electron chi connectivity index (χ4n) is 1.98. The number of nitrogens with zero attached hydrogens (tertiary/aromatic N) is 1. The van der Waals surface area contributed by atoms with Crippen LogP contribution in [-0.2, 0) is 11.2 Å². The highest BCUT2D eigenvalue weighted by Gasteiger charge is 2.25. The van der Waals surface area contributed by atoms with Crippen LogP contribution in [0.4, 0.5) is 10.1 Å². The molecule has 1 N–H and O–H groups in total. The Kier molecular flexibility index (Phi) is 2.34. The van der Waals surface area contributed by atoms with Gasteiger partial charge in [-0.25, -0.2) is 4.39 Å². The molecule has 0 aliphatic carbocycles. The molecule has 0 bridgehead atoms. The lowest BCUT2D eigenvalue weighted by Crippen LogP contribution is -2.34. The summed E-state index contributed by atoms with van der Waals surface area (Å²) in [5.41, 5.74) is 0.783. The van der Waals surface area contributed by atoms with Gasteiger partial charge < -0.3 is 10.0 Å². The van der Waals surface area contributed by atoms with Crippen LogP contribution in [0.5, 0.6) is 5.75 Å². The number of benzene rings is 1. The van der Waals surface area contributed by atoms with Crippen molar-refractivity contribution in [3.8, 4) is 5.75 Å². The van der Waals surface area contributed by atoms with Crippen molar-refractivity contribution in [1.82, 2.24) is 0 Å². The lowest BCUT2D eigenvalue weighted by molar-refractivity contribution is -0.116. The van der Waals surface area contributed by atoms with Crippen molar-refractivity contribution in [3.05, 3.63) is 23.5 Å². The van der Waals surface area contributed by atoms with Crippen molar-refractivity contribution in [2.75, 3.05) is 11.4 Å². The summed E-state index contributed by atoms with van der Waals surface area (Å²) in [5.74, 6) is -0.574. The highest BCUT2D eigenvalue weighted by molar-refractivity contribution is 5.93. The number of carbonyl (C=O) groups excluding carboxylic acids is 1. The molecule has 4 heteroatoms. The number of anilines is 1. The van der Waals surface area contributed by atoms with Gasteiger partial charge in [-0.15, -0.1) is 0 Å². The number of rotatable bonds is 0. The van der Waals surface area contributed by atoms with Crippen molar-refractivity contribution in [3.63, 3.8) is 0 Å². The van der Waals surface area contributed by atoms with Crippen molar-refractivity contribution >= 4 is 11.6 Å². The Morgan fingerprint density at radius 2 is 2.27 bits per heavy atom. The van der Waals surface area contributed by atoms with Crippen LogP contribution in [0.25, 0.3) is 0 Å². The topological polar surface area (TPSA) is 40.5 Å². The number of phenolic OH excluding ortho intramolecular Hbond substituents is 1. The Morgan fingerprint density at radius 3 is 2.93 bits per heavy atom. The van der Waals surface area contributed by atoms with Crippen LogP contribution in [0, 0.1) is 5.82 Å². The summed E-state index contributed by atoms with van der Waals surface area (Å²) in [4.78, 5) is 12.7. The van der Waals surface area contributed by atoms with E-state index in [9.17, 15) is 14.3 Å². The van der Waals surface area contributed by atoms with Gasteiger partial charge in [0.1, 0.15) is 11.6 Å². The Hall–Kier alpha value is -1.58. The van der Waals surface area contributed by atoms with Crippen LogP contribution >= 0.6 is 0 Å². The molecule has 1 aliphatic rings. The van der Waals surface area contributed by atoms with Crippen molar-refractivity contribution in [1.29, 1.82) is 0 Å². The van der Waals surface area contributed by atoms with E-state index >= 15 is 0 Å². The van der Waals surface area contributed by atoms with Gasteiger partial charge in [-0.3, -0.25) is 4.79 Å². The number of carbonyl (C=O) groups is 1. The quantitative estimate of drug-likeness (QED) is 0.708. The largest absolute Gasteiger partial charge is 0.508 e. The molecule has 1 aromatic rings. The number of fused-ring (bicyclic) bond motifs is 1. The van der Waals surface area contributed by atoms with E-state index in [2.05, 4.69) is 0 Å². The normalized spacial score (nSPS) is 14.9. The van der Waals surface area contributed by atoms with Gasteiger partial charge in [0.05, 0.1) is 5.69 Å². The maximum absolute atomic E-state index is 13.6. The molecule has 0 spiro atoms. The van der Waals surface area contributed by atoms with E-state index in [4.69, 9.17) is 0 Å². The lowest BCUT2D eigenvalue weighted by atomic mass is 10.00.